The standard InChI is InChI=1S/C17H17NOS2/c1-17(2,3)15-9-8-11(20-15)10-13(19)16-18-12-6-4-5-7-14(12)21-16/h4-9H,10H2,1-3H3. The molecule has 0 bridgehead atoms. The summed E-state index contributed by atoms with van der Waals surface area (Å²) in [6.45, 7) is 6.58. The molecule has 0 unspecified atom stereocenters. The van der Waals surface area contributed by atoms with E-state index in [0.29, 0.717) is 11.4 Å². The first-order valence-electron chi connectivity index (χ1n) is 6.91. The number of hydrogen-bond donors (Lipinski definition) is 0. The first-order valence-corrected chi connectivity index (χ1v) is 8.55. The molecule has 0 amide bonds. The zero-order valence-corrected chi connectivity index (χ0v) is 14.0. The Labute approximate surface area is 132 Å². The van der Waals surface area contributed by atoms with Gasteiger partial charge in [0, 0.05) is 16.2 Å². The third-order valence-corrected chi connectivity index (χ3v) is 5.86. The maximum atomic E-state index is 12.4. The molecule has 4 heteroatoms. The van der Waals surface area contributed by atoms with E-state index in [2.05, 4.69) is 37.9 Å². The van der Waals surface area contributed by atoms with E-state index < -0.39 is 0 Å². The summed E-state index contributed by atoms with van der Waals surface area (Å²) in [4.78, 5) is 19.3. The van der Waals surface area contributed by atoms with Gasteiger partial charge in [-0.05, 0) is 29.7 Å². The molecule has 0 aliphatic rings. The van der Waals surface area contributed by atoms with Crippen molar-refractivity contribution in [3.8, 4) is 0 Å². The van der Waals surface area contributed by atoms with Gasteiger partial charge in [0.05, 0.1) is 10.2 Å². The quantitative estimate of drug-likeness (QED) is 0.631. The van der Waals surface area contributed by atoms with Crippen LogP contribution in [0.4, 0.5) is 0 Å². The predicted molar refractivity (Wildman–Crippen MR) is 90.7 cm³/mol. The highest BCUT2D eigenvalue weighted by atomic mass is 32.1. The van der Waals surface area contributed by atoms with Crippen molar-refractivity contribution in [2.24, 2.45) is 0 Å². The lowest BCUT2D eigenvalue weighted by atomic mass is 9.95. The molecule has 3 rings (SSSR count). The van der Waals surface area contributed by atoms with Gasteiger partial charge in [0.25, 0.3) is 0 Å². The molecule has 108 valence electrons. The first-order chi connectivity index (χ1) is 9.93. The van der Waals surface area contributed by atoms with E-state index in [1.54, 1.807) is 11.3 Å². The van der Waals surface area contributed by atoms with Crippen LogP contribution in [0.1, 0.15) is 40.3 Å². The Balaban J connectivity index is 1.81. The van der Waals surface area contributed by atoms with Crippen LogP contribution < -0.4 is 0 Å². The zero-order chi connectivity index (χ0) is 15.0. The third-order valence-electron chi connectivity index (χ3n) is 3.27. The van der Waals surface area contributed by atoms with Crippen molar-refractivity contribution in [2.45, 2.75) is 32.6 Å². The van der Waals surface area contributed by atoms with Gasteiger partial charge >= 0.3 is 0 Å². The van der Waals surface area contributed by atoms with E-state index in [9.17, 15) is 4.79 Å². The number of rotatable bonds is 3. The van der Waals surface area contributed by atoms with Crippen LogP contribution in [-0.4, -0.2) is 10.8 Å². The van der Waals surface area contributed by atoms with Crippen LogP contribution in [-0.2, 0) is 11.8 Å². The van der Waals surface area contributed by atoms with Crippen molar-refractivity contribution in [3.63, 3.8) is 0 Å². The molecule has 2 aromatic heterocycles. The van der Waals surface area contributed by atoms with Crippen molar-refractivity contribution >= 4 is 38.7 Å². The molecular weight excluding hydrogens is 298 g/mol. The molecule has 0 aliphatic heterocycles. The number of thiazole rings is 1. The number of carbonyl (C=O) groups excluding carboxylic acids is 1. The van der Waals surface area contributed by atoms with Gasteiger partial charge in [-0.25, -0.2) is 4.98 Å². The van der Waals surface area contributed by atoms with Crippen LogP contribution in [0.25, 0.3) is 10.2 Å². The second kappa shape index (κ2) is 5.35. The summed E-state index contributed by atoms with van der Waals surface area (Å²) in [5, 5.41) is 0.613. The first kappa shape index (κ1) is 14.4. The highest BCUT2D eigenvalue weighted by Crippen LogP contribution is 2.30. The van der Waals surface area contributed by atoms with E-state index >= 15 is 0 Å². The molecule has 0 saturated carbocycles. The van der Waals surface area contributed by atoms with E-state index in [1.165, 1.54) is 16.2 Å². The van der Waals surface area contributed by atoms with Crippen molar-refractivity contribution in [1.82, 2.24) is 4.98 Å². The average molecular weight is 315 g/mol. The molecule has 21 heavy (non-hydrogen) atoms. The second-order valence-corrected chi connectivity index (χ2v) is 8.30. The Hall–Kier alpha value is -1.52. The van der Waals surface area contributed by atoms with Crippen LogP contribution in [0.3, 0.4) is 0 Å². The Morgan fingerprint density at radius 2 is 1.86 bits per heavy atom. The number of carbonyl (C=O) groups is 1. The van der Waals surface area contributed by atoms with Gasteiger partial charge < -0.3 is 0 Å². The van der Waals surface area contributed by atoms with Crippen LogP contribution >= 0.6 is 22.7 Å². The van der Waals surface area contributed by atoms with Gasteiger partial charge in [0.15, 0.2) is 10.8 Å². The lowest BCUT2D eigenvalue weighted by Gasteiger charge is -2.15. The number of aromatic nitrogens is 1. The molecule has 0 aliphatic carbocycles. The minimum Gasteiger partial charge on any atom is -0.291 e. The van der Waals surface area contributed by atoms with Gasteiger partial charge in [0.2, 0.25) is 0 Å². The Morgan fingerprint density at radius 1 is 1.10 bits per heavy atom. The van der Waals surface area contributed by atoms with Gasteiger partial charge in [-0.2, -0.15) is 0 Å². The molecule has 0 saturated heterocycles. The summed E-state index contributed by atoms with van der Waals surface area (Å²) in [6.07, 6.45) is 0.445. The number of Topliss-reactive ketones (excluding diaryl/α,β-unsaturated/α-hetero) is 1. The summed E-state index contributed by atoms with van der Waals surface area (Å²) in [5.41, 5.74) is 1.05. The number of nitrogens with zero attached hydrogens (tertiary/aromatic N) is 1. The fraction of sp³-hybridized carbons (Fsp3) is 0.294. The molecule has 0 radical (unpaired) electrons. The van der Waals surface area contributed by atoms with Gasteiger partial charge in [-0.15, -0.1) is 22.7 Å². The molecule has 0 fully saturated rings. The SMILES string of the molecule is CC(C)(C)c1ccc(CC(=O)c2nc3ccccc3s2)s1. The fourth-order valence-electron chi connectivity index (χ4n) is 2.10. The van der Waals surface area contributed by atoms with E-state index in [0.717, 1.165) is 15.1 Å². The highest BCUT2D eigenvalue weighted by molar-refractivity contribution is 7.20. The Morgan fingerprint density at radius 3 is 2.52 bits per heavy atom. The summed E-state index contributed by atoms with van der Waals surface area (Å²) in [7, 11) is 0. The molecular formula is C17H17NOS2. The van der Waals surface area contributed by atoms with Gasteiger partial charge in [-0.3, -0.25) is 4.79 Å². The largest absolute Gasteiger partial charge is 0.291 e. The van der Waals surface area contributed by atoms with E-state index in [4.69, 9.17) is 0 Å². The third kappa shape index (κ3) is 3.06. The van der Waals surface area contributed by atoms with Crippen molar-refractivity contribution < 1.29 is 4.79 Å². The van der Waals surface area contributed by atoms with E-state index in [-0.39, 0.29) is 11.2 Å². The van der Waals surface area contributed by atoms with Gasteiger partial charge in [-0.1, -0.05) is 32.9 Å². The molecule has 3 aromatic rings. The smallest absolute Gasteiger partial charge is 0.196 e. The Kier molecular flexibility index (Phi) is 3.68. The summed E-state index contributed by atoms with van der Waals surface area (Å²) >= 11 is 3.21. The highest BCUT2D eigenvalue weighted by Gasteiger charge is 2.18. The molecule has 0 spiro atoms. The average Bonchev–Trinajstić information content (AvgIpc) is 3.03. The van der Waals surface area contributed by atoms with Gasteiger partial charge in [0.1, 0.15) is 0 Å². The molecule has 0 atom stereocenters. The number of hydrogen-bond acceptors (Lipinski definition) is 4. The topological polar surface area (TPSA) is 30.0 Å². The normalized spacial score (nSPS) is 12.0. The lowest BCUT2D eigenvalue weighted by Crippen LogP contribution is -2.07. The van der Waals surface area contributed by atoms with E-state index in [1.807, 2.05) is 24.3 Å². The minimum atomic E-state index is 0.110. The van der Waals surface area contributed by atoms with Crippen LogP contribution in [0.15, 0.2) is 36.4 Å². The monoisotopic (exact) mass is 315 g/mol. The van der Waals surface area contributed by atoms with Crippen LogP contribution in [0.5, 0.6) is 0 Å². The number of fused-ring (bicyclic) bond motifs is 1. The Bertz CT molecular complexity index is 759. The molecule has 0 N–H and O–H groups in total. The second-order valence-electron chi connectivity index (χ2n) is 6.10. The molecule has 1 aromatic carbocycles. The number of benzene rings is 1. The summed E-state index contributed by atoms with van der Waals surface area (Å²) in [5.74, 6) is 0.110. The van der Waals surface area contributed by atoms with Crippen molar-refractivity contribution in [2.75, 3.05) is 0 Å². The lowest BCUT2D eigenvalue weighted by molar-refractivity contribution is 0.0993. The fourth-order valence-corrected chi connectivity index (χ4v) is 4.07. The van der Waals surface area contributed by atoms with Crippen LogP contribution in [0, 0.1) is 0 Å². The maximum absolute atomic E-state index is 12.4. The summed E-state index contributed by atoms with van der Waals surface area (Å²) in [6, 6.07) is 12.1. The number of para-hydroxylation sites is 1. The van der Waals surface area contributed by atoms with Crippen molar-refractivity contribution in [1.29, 1.82) is 0 Å². The molecule has 2 heterocycles. The summed E-state index contributed by atoms with van der Waals surface area (Å²) < 4.78 is 1.07. The predicted octanol–water partition coefficient (Wildman–Crippen LogP) is 5.08. The minimum absolute atomic E-state index is 0.110. The molecule has 2 nitrogen and oxygen atoms in total. The maximum Gasteiger partial charge on any atom is 0.196 e. The van der Waals surface area contributed by atoms with Crippen LogP contribution in [0.2, 0.25) is 0 Å². The zero-order valence-electron chi connectivity index (χ0n) is 12.3. The van der Waals surface area contributed by atoms with Crippen molar-refractivity contribution in [3.05, 3.63) is 51.2 Å². The number of thiophene rings is 1. The number of ketones is 1.